The molecular formula is C31H26FN5O2S. The van der Waals surface area contributed by atoms with Crippen molar-refractivity contribution in [2.45, 2.75) is 37.1 Å². The minimum absolute atomic E-state index is 0.0475. The molecule has 6 rings (SSSR count). The highest BCUT2D eigenvalue weighted by Crippen LogP contribution is 2.30. The van der Waals surface area contributed by atoms with Crippen LogP contribution in [0.5, 0.6) is 0 Å². The third-order valence-electron chi connectivity index (χ3n) is 6.64. The lowest BCUT2D eigenvalue weighted by atomic mass is 9.87. The Morgan fingerprint density at radius 3 is 2.35 bits per heavy atom. The van der Waals surface area contributed by atoms with Gasteiger partial charge < -0.3 is 9.51 Å². The molecule has 0 saturated heterocycles. The van der Waals surface area contributed by atoms with Crippen molar-refractivity contribution in [2.24, 2.45) is 0 Å². The van der Waals surface area contributed by atoms with E-state index in [1.54, 1.807) is 18.3 Å². The summed E-state index contributed by atoms with van der Waals surface area (Å²) in [6.45, 7) is 6.50. The summed E-state index contributed by atoms with van der Waals surface area (Å²) >= 11 is 1.30. The highest BCUT2D eigenvalue weighted by Gasteiger charge is 2.20. The van der Waals surface area contributed by atoms with Crippen LogP contribution in [0.2, 0.25) is 0 Å². The van der Waals surface area contributed by atoms with Crippen molar-refractivity contribution in [2.75, 3.05) is 0 Å². The molecule has 0 bridgehead atoms. The van der Waals surface area contributed by atoms with Crippen molar-refractivity contribution in [3.8, 4) is 28.2 Å². The number of rotatable bonds is 6. The molecule has 0 amide bonds. The Kier molecular flexibility index (Phi) is 6.59. The molecule has 0 aliphatic heterocycles. The van der Waals surface area contributed by atoms with Gasteiger partial charge in [0.15, 0.2) is 5.16 Å². The molecule has 0 aliphatic carbocycles. The quantitative estimate of drug-likeness (QED) is 0.175. The van der Waals surface area contributed by atoms with E-state index in [0.29, 0.717) is 33.6 Å². The van der Waals surface area contributed by atoms with E-state index in [9.17, 15) is 9.18 Å². The van der Waals surface area contributed by atoms with E-state index in [1.165, 1.54) is 34.0 Å². The molecule has 3 heterocycles. The topological polar surface area (TPSA) is 89.6 Å². The Morgan fingerprint density at radius 2 is 1.65 bits per heavy atom. The number of nitrogens with zero attached hydrogens (tertiary/aromatic N) is 4. The van der Waals surface area contributed by atoms with Crippen LogP contribution in [0, 0.1) is 5.82 Å². The fourth-order valence-corrected chi connectivity index (χ4v) is 5.31. The first-order chi connectivity index (χ1) is 19.3. The summed E-state index contributed by atoms with van der Waals surface area (Å²) in [6, 6.07) is 23.6. The maximum atomic E-state index is 13.7. The van der Waals surface area contributed by atoms with Crippen LogP contribution in [0.25, 0.3) is 39.2 Å². The highest BCUT2D eigenvalue weighted by molar-refractivity contribution is 7.98. The van der Waals surface area contributed by atoms with Crippen molar-refractivity contribution in [1.29, 1.82) is 0 Å². The number of thioether (sulfide) groups is 1. The van der Waals surface area contributed by atoms with Gasteiger partial charge in [-0.2, -0.15) is 4.98 Å². The Labute approximate surface area is 234 Å². The van der Waals surface area contributed by atoms with Gasteiger partial charge in [-0.15, -0.1) is 0 Å². The molecule has 1 N–H and O–H groups in total. The molecule has 0 saturated carbocycles. The van der Waals surface area contributed by atoms with E-state index in [1.807, 2.05) is 42.5 Å². The molecule has 3 aromatic carbocycles. The van der Waals surface area contributed by atoms with Gasteiger partial charge in [0.2, 0.25) is 11.7 Å². The number of benzene rings is 3. The standard InChI is InChI=1S/C31H26FN5O2S/c1-31(2,3)21-11-9-20(10-12-21)28-34-25(39-36-28)18-40-30-35-26-24(19-7-5-4-6-8-19)17-33-27(26)29(38)37(30)23-15-13-22(32)14-16-23/h4-17,33H,18H2,1-3H3. The Bertz CT molecular complexity index is 1850. The number of hydrogen-bond donors (Lipinski definition) is 1. The Balaban J connectivity index is 1.36. The first kappa shape index (κ1) is 25.8. The zero-order valence-corrected chi connectivity index (χ0v) is 23.0. The summed E-state index contributed by atoms with van der Waals surface area (Å²) in [7, 11) is 0. The lowest BCUT2D eigenvalue weighted by molar-refractivity contribution is 0.391. The largest absolute Gasteiger partial charge is 0.355 e. The smallest absolute Gasteiger partial charge is 0.283 e. The first-order valence-electron chi connectivity index (χ1n) is 12.8. The van der Waals surface area contributed by atoms with Gasteiger partial charge in [0.25, 0.3) is 5.56 Å². The monoisotopic (exact) mass is 551 g/mol. The number of nitrogens with one attached hydrogen (secondary N) is 1. The van der Waals surface area contributed by atoms with Gasteiger partial charge in [-0.25, -0.2) is 9.37 Å². The molecule has 0 radical (unpaired) electrons. The number of H-pyrrole nitrogens is 1. The lowest BCUT2D eigenvalue weighted by Gasteiger charge is -2.18. The third kappa shape index (κ3) is 4.96. The second-order valence-corrected chi connectivity index (χ2v) is 11.4. The lowest BCUT2D eigenvalue weighted by Crippen LogP contribution is -2.21. The summed E-state index contributed by atoms with van der Waals surface area (Å²) in [5.74, 6) is 0.793. The van der Waals surface area contributed by atoms with Crippen LogP contribution in [0.1, 0.15) is 32.2 Å². The molecular weight excluding hydrogens is 525 g/mol. The molecule has 3 aromatic heterocycles. The highest BCUT2D eigenvalue weighted by atomic mass is 32.2. The Morgan fingerprint density at radius 1 is 0.925 bits per heavy atom. The van der Waals surface area contributed by atoms with Crippen LogP contribution >= 0.6 is 11.8 Å². The van der Waals surface area contributed by atoms with Crippen molar-refractivity contribution in [3.63, 3.8) is 0 Å². The summed E-state index contributed by atoms with van der Waals surface area (Å²) in [5, 5.41) is 4.58. The fraction of sp³-hybridized carbons (Fsp3) is 0.161. The zero-order valence-electron chi connectivity index (χ0n) is 22.2. The maximum absolute atomic E-state index is 13.7. The van der Waals surface area contributed by atoms with E-state index in [2.05, 4.69) is 48.0 Å². The van der Waals surface area contributed by atoms with Gasteiger partial charge >= 0.3 is 0 Å². The predicted molar refractivity (Wildman–Crippen MR) is 155 cm³/mol. The second kappa shape index (κ2) is 10.2. The average molecular weight is 552 g/mol. The maximum Gasteiger partial charge on any atom is 0.283 e. The second-order valence-electron chi connectivity index (χ2n) is 10.4. The minimum atomic E-state index is -0.389. The van der Waals surface area contributed by atoms with E-state index < -0.39 is 0 Å². The van der Waals surface area contributed by atoms with Gasteiger partial charge in [0.1, 0.15) is 16.9 Å². The van der Waals surface area contributed by atoms with Gasteiger partial charge in [0.05, 0.1) is 11.4 Å². The first-order valence-corrected chi connectivity index (χ1v) is 13.8. The molecule has 7 nitrogen and oxygen atoms in total. The Hall–Kier alpha value is -4.50. The third-order valence-corrected chi connectivity index (χ3v) is 7.56. The SMILES string of the molecule is CC(C)(C)c1ccc(-c2noc(CSc3nc4c(-c5ccccc5)c[nH]c4c(=O)n3-c3ccc(F)cc3)n2)cc1. The molecule has 0 fully saturated rings. The number of aromatic nitrogens is 5. The number of halogens is 1. The van der Waals surface area contributed by atoms with Gasteiger partial charge in [-0.05, 0) is 40.8 Å². The van der Waals surface area contributed by atoms with E-state index in [4.69, 9.17) is 9.51 Å². The fourth-order valence-electron chi connectivity index (χ4n) is 4.47. The van der Waals surface area contributed by atoms with E-state index in [-0.39, 0.29) is 22.5 Å². The molecule has 6 aromatic rings. The number of fused-ring (bicyclic) bond motifs is 1. The van der Waals surface area contributed by atoms with Crippen molar-refractivity contribution in [3.05, 3.63) is 113 Å². The van der Waals surface area contributed by atoms with Crippen LogP contribution in [-0.4, -0.2) is 24.7 Å². The number of aromatic amines is 1. The van der Waals surface area contributed by atoms with Gasteiger partial charge in [-0.1, -0.05) is 92.3 Å². The normalized spacial score (nSPS) is 11.8. The molecule has 0 spiro atoms. The summed E-state index contributed by atoms with van der Waals surface area (Å²) < 4.78 is 20.7. The molecule has 9 heteroatoms. The minimum Gasteiger partial charge on any atom is -0.355 e. The van der Waals surface area contributed by atoms with Crippen LogP contribution in [-0.2, 0) is 11.2 Å². The molecule has 0 unspecified atom stereocenters. The average Bonchev–Trinajstić information content (AvgIpc) is 3.61. The van der Waals surface area contributed by atoms with Crippen LogP contribution < -0.4 is 5.56 Å². The van der Waals surface area contributed by atoms with E-state index in [0.717, 1.165) is 16.7 Å². The summed E-state index contributed by atoms with van der Waals surface area (Å²) in [5.41, 5.74) is 5.02. The molecule has 0 aliphatic rings. The van der Waals surface area contributed by atoms with Crippen molar-refractivity contribution in [1.82, 2.24) is 24.7 Å². The zero-order chi connectivity index (χ0) is 27.9. The van der Waals surface area contributed by atoms with Crippen LogP contribution in [0.4, 0.5) is 4.39 Å². The summed E-state index contributed by atoms with van der Waals surface area (Å²) in [6.07, 6.45) is 1.78. The van der Waals surface area contributed by atoms with Crippen LogP contribution in [0.15, 0.2) is 99.5 Å². The summed E-state index contributed by atoms with van der Waals surface area (Å²) in [4.78, 5) is 26.3. The molecule has 0 atom stereocenters. The van der Waals surface area contributed by atoms with E-state index >= 15 is 0 Å². The van der Waals surface area contributed by atoms with Crippen LogP contribution in [0.3, 0.4) is 0 Å². The van der Waals surface area contributed by atoms with Crippen molar-refractivity contribution < 1.29 is 8.91 Å². The van der Waals surface area contributed by atoms with Gasteiger partial charge in [-0.3, -0.25) is 9.36 Å². The molecule has 40 heavy (non-hydrogen) atoms. The predicted octanol–water partition coefficient (Wildman–Crippen LogP) is 7.16. The van der Waals surface area contributed by atoms with Gasteiger partial charge in [0, 0.05) is 17.3 Å². The van der Waals surface area contributed by atoms with Crippen molar-refractivity contribution >= 4 is 22.8 Å². The number of hydrogen-bond acceptors (Lipinski definition) is 6. The molecule has 200 valence electrons.